The maximum atomic E-state index is 6.27. The number of anilines is 2. The van der Waals surface area contributed by atoms with Crippen molar-refractivity contribution in [2.75, 3.05) is 16.6 Å². The van der Waals surface area contributed by atoms with E-state index in [9.17, 15) is 0 Å². The molecule has 0 atom stereocenters. The van der Waals surface area contributed by atoms with Gasteiger partial charge in [0.15, 0.2) is 0 Å². The SMILES string of the molecule is CC1=NN(c2cccc(Oc3cccc(-n4cc(C)c(-c5ccccc5)n4)c3)c2)CN1c1ccccc1. The molecule has 0 saturated heterocycles. The van der Waals surface area contributed by atoms with Crippen LogP contribution in [-0.2, 0) is 0 Å². The van der Waals surface area contributed by atoms with E-state index in [-0.39, 0.29) is 0 Å². The number of hydrogen-bond acceptors (Lipinski definition) is 5. The molecule has 0 amide bonds. The molecule has 5 aromatic rings. The van der Waals surface area contributed by atoms with Crippen LogP contribution in [-0.4, -0.2) is 22.3 Å². The molecule has 1 aromatic heterocycles. The molecule has 0 unspecified atom stereocenters. The molecule has 37 heavy (non-hydrogen) atoms. The molecule has 0 saturated carbocycles. The summed E-state index contributed by atoms with van der Waals surface area (Å²) in [6.45, 7) is 4.76. The molecule has 0 aliphatic carbocycles. The number of aromatic nitrogens is 2. The Kier molecular flexibility index (Phi) is 5.91. The van der Waals surface area contributed by atoms with Crippen LogP contribution in [0.15, 0.2) is 120 Å². The van der Waals surface area contributed by atoms with Crippen molar-refractivity contribution in [2.45, 2.75) is 13.8 Å². The Labute approximate surface area is 216 Å². The minimum absolute atomic E-state index is 0.650. The normalized spacial score (nSPS) is 13.1. The molecule has 6 rings (SSSR count). The molecule has 1 aliphatic heterocycles. The molecule has 6 nitrogen and oxygen atoms in total. The number of hydrazone groups is 1. The van der Waals surface area contributed by atoms with Gasteiger partial charge in [-0.05, 0) is 55.8 Å². The zero-order valence-corrected chi connectivity index (χ0v) is 20.8. The average molecular weight is 486 g/mol. The number of amidine groups is 1. The van der Waals surface area contributed by atoms with Gasteiger partial charge in [-0.1, -0.05) is 60.7 Å². The maximum Gasteiger partial charge on any atom is 0.129 e. The van der Waals surface area contributed by atoms with E-state index in [4.69, 9.17) is 14.9 Å². The molecule has 2 heterocycles. The Bertz CT molecular complexity index is 1560. The van der Waals surface area contributed by atoms with Crippen molar-refractivity contribution < 1.29 is 4.74 Å². The van der Waals surface area contributed by atoms with Gasteiger partial charge in [0.25, 0.3) is 0 Å². The monoisotopic (exact) mass is 485 g/mol. The van der Waals surface area contributed by atoms with Gasteiger partial charge in [0.05, 0.1) is 17.1 Å². The fourth-order valence-corrected chi connectivity index (χ4v) is 4.52. The molecule has 0 bridgehead atoms. The summed E-state index contributed by atoms with van der Waals surface area (Å²) >= 11 is 0. The highest BCUT2D eigenvalue weighted by Crippen LogP contribution is 2.30. The molecule has 4 aromatic carbocycles. The van der Waals surface area contributed by atoms with Crippen LogP contribution in [0.2, 0.25) is 0 Å². The van der Waals surface area contributed by atoms with Crippen molar-refractivity contribution in [3.63, 3.8) is 0 Å². The van der Waals surface area contributed by atoms with E-state index in [1.165, 1.54) is 0 Å². The van der Waals surface area contributed by atoms with Gasteiger partial charge in [-0.25, -0.2) is 9.69 Å². The first-order valence-corrected chi connectivity index (χ1v) is 12.3. The summed E-state index contributed by atoms with van der Waals surface area (Å²) in [6.07, 6.45) is 2.05. The van der Waals surface area contributed by atoms with Crippen molar-refractivity contribution in [2.24, 2.45) is 5.10 Å². The number of para-hydroxylation sites is 1. The largest absolute Gasteiger partial charge is 0.457 e. The molecule has 0 spiro atoms. The van der Waals surface area contributed by atoms with Crippen molar-refractivity contribution in [3.05, 3.63) is 121 Å². The second-order valence-corrected chi connectivity index (χ2v) is 9.02. The predicted octanol–water partition coefficient (Wildman–Crippen LogP) is 7.26. The molecular formula is C31H27N5O. The zero-order valence-electron chi connectivity index (χ0n) is 20.8. The quantitative estimate of drug-likeness (QED) is 0.254. The van der Waals surface area contributed by atoms with Gasteiger partial charge in [0.1, 0.15) is 24.0 Å². The highest BCUT2D eigenvalue weighted by Gasteiger charge is 2.22. The van der Waals surface area contributed by atoms with Crippen molar-refractivity contribution >= 4 is 17.2 Å². The van der Waals surface area contributed by atoms with Gasteiger partial charge < -0.3 is 9.64 Å². The van der Waals surface area contributed by atoms with Crippen LogP contribution in [0.3, 0.4) is 0 Å². The van der Waals surface area contributed by atoms with Gasteiger partial charge in [-0.2, -0.15) is 10.2 Å². The topological polar surface area (TPSA) is 45.9 Å². The summed E-state index contributed by atoms with van der Waals surface area (Å²) in [4.78, 5) is 2.19. The highest BCUT2D eigenvalue weighted by atomic mass is 16.5. The summed E-state index contributed by atoms with van der Waals surface area (Å²) in [5, 5.41) is 11.6. The summed E-state index contributed by atoms with van der Waals surface area (Å²) < 4.78 is 8.17. The summed E-state index contributed by atoms with van der Waals surface area (Å²) in [7, 11) is 0. The first kappa shape index (κ1) is 22.6. The second-order valence-electron chi connectivity index (χ2n) is 9.02. The molecule has 182 valence electrons. The van der Waals surface area contributed by atoms with Gasteiger partial charge >= 0.3 is 0 Å². The van der Waals surface area contributed by atoms with Crippen LogP contribution in [0, 0.1) is 6.92 Å². The highest BCUT2D eigenvalue weighted by molar-refractivity contribution is 5.98. The van der Waals surface area contributed by atoms with Crippen LogP contribution in [0.1, 0.15) is 12.5 Å². The van der Waals surface area contributed by atoms with E-state index in [2.05, 4.69) is 36.1 Å². The number of nitrogens with zero attached hydrogens (tertiary/aromatic N) is 5. The van der Waals surface area contributed by atoms with Crippen molar-refractivity contribution in [1.82, 2.24) is 9.78 Å². The lowest BCUT2D eigenvalue weighted by Gasteiger charge is -2.20. The molecule has 0 N–H and O–H groups in total. The fourth-order valence-electron chi connectivity index (χ4n) is 4.52. The summed E-state index contributed by atoms with van der Waals surface area (Å²) in [5.74, 6) is 2.45. The molecule has 0 radical (unpaired) electrons. The number of benzene rings is 4. The van der Waals surface area contributed by atoms with E-state index in [0.717, 1.165) is 51.2 Å². The van der Waals surface area contributed by atoms with Crippen LogP contribution in [0.25, 0.3) is 16.9 Å². The Morgan fingerprint density at radius 3 is 2.03 bits per heavy atom. The molecule has 1 aliphatic rings. The van der Waals surface area contributed by atoms with E-state index in [0.29, 0.717) is 6.67 Å². The van der Waals surface area contributed by atoms with Crippen LogP contribution in [0.4, 0.5) is 11.4 Å². The average Bonchev–Trinajstić information content (AvgIpc) is 3.53. The second kappa shape index (κ2) is 9.66. The smallest absolute Gasteiger partial charge is 0.129 e. The Morgan fingerprint density at radius 2 is 1.30 bits per heavy atom. The van der Waals surface area contributed by atoms with E-state index in [1.807, 2.05) is 108 Å². The minimum atomic E-state index is 0.650. The Morgan fingerprint density at radius 1 is 0.676 bits per heavy atom. The van der Waals surface area contributed by atoms with E-state index >= 15 is 0 Å². The van der Waals surface area contributed by atoms with Gasteiger partial charge in [0, 0.05) is 29.6 Å². The van der Waals surface area contributed by atoms with Gasteiger partial charge in [-0.3, -0.25) is 0 Å². The van der Waals surface area contributed by atoms with E-state index in [1.54, 1.807) is 0 Å². The Balaban J connectivity index is 1.21. The zero-order chi connectivity index (χ0) is 25.2. The third-order valence-electron chi connectivity index (χ3n) is 6.38. The fraction of sp³-hybridized carbons (Fsp3) is 0.0968. The van der Waals surface area contributed by atoms with Crippen molar-refractivity contribution in [1.29, 1.82) is 0 Å². The lowest BCUT2D eigenvalue weighted by atomic mass is 10.1. The van der Waals surface area contributed by atoms with Crippen LogP contribution in [0.5, 0.6) is 11.5 Å². The lowest BCUT2D eigenvalue weighted by Crippen LogP contribution is -2.29. The van der Waals surface area contributed by atoms with Crippen molar-refractivity contribution in [3.8, 4) is 28.4 Å². The molecular weight excluding hydrogens is 458 g/mol. The summed E-state index contributed by atoms with van der Waals surface area (Å²) in [5.41, 5.74) is 6.24. The first-order chi connectivity index (χ1) is 18.1. The molecule has 0 fully saturated rings. The lowest BCUT2D eigenvalue weighted by molar-refractivity contribution is 0.482. The maximum absolute atomic E-state index is 6.27. The number of ether oxygens (including phenoxy) is 1. The number of hydrogen-bond donors (Lipinski definition) is 0. The summed E-state index contributed by atoms with van der Waals surface area (Å²) in [6, 6.07) is 36.5. The Hall–Kier alpha value is -4.84. The van der Waals surface area contributed by atoms with Gasteiger partial charge in [0.2, 0.25) is 0 Å². The standard InChI is InChI=1S/C31H27N5O/c1-23-21-35(33-31(23)25-11-5-3-6-12-25)27-15-9-17-29(19-27)37-30-18-10-16-28(20-30)36-22-34(24(2)32-36)26-13-7-4-8-14-26/h3-21H,22H2,1-2H3. The predicted molar refractivity (Wildman–Crippen MR) is 150 cm³/mol. The van der Waals surface area contributed by atoms with Crippen LogP contribution < -0.4 is 14.6 Å². The minimum Gasteiger partial charge on any atom is -0.457 e. The third-order valence-corrected chi connectivity index (χ3v) is 6.38. The third kappa shape index (κ3) is 4.69. The van der Waals surface area contributed by atoms with Crippen LogP contribution >= 0.6 is 0 Å². The first-order valence-electron chi connectivity index (χ1n) is 12.3. The van der Waals surface area contributed by atoms with E-state index < -0.39 is 0 Å². The number of rotatable bonds is 6. The van der Waals surface area contributed by atoms with Gasteiger partial charge in [-0.15, -0.1) is 0 Å². The molecule has 6 heteroatoms. The number of aryl methyl sites for hydroxylation is 1.